The van der Waals surface area contributed by atoms with Crippen LogP contribution in [0.15, 0.2) is 42.5 Å². The predicted octanol–water partition coefficient (Wildman–Crippen LogP) is 1.76. The van der Waals surface area contributed by atoms with Gasteiger partial charge in [-0.2, -0.15) is 0 Å². The number of nitrogens with two attached hydrogens (primary N) is 1. The number of hydrogen-bond donors (Lipinski definition) is 2. The van der Waals surface area contributed by atoms with Gasteiger partial charge in [-0.05, 0) is 22.4 Å². The summed E-state index contributed by atoms with van der Waals surface area (Å²) in [5.41, 5.74) is 3.97. The molecule has 100 valence electrons. The van der Waals surface area contributed by atoms with Crippen molar-refractivity contribution in [3.05, 3.63) is 48.0 Å². The van der Waals surface area contributed by atoms with E-state index in [1.54, 1.807) is 0 Å². The lowest BCUT2D eigenvalue weighted by atomic mass is 9.98. The van der Waals surface area contributed by atoms with Gasteiger partial charge in [0.2, 0.25) is 0 Å². The summed E-state index contributed by atoms with van der Waals surface area (Å²) in [4.78, 5) is 0. The second-order valence-corrected chi connectivity index (χ2v) is 4.74. The Morgan fingerprint density at radius 3 is 2.68 bits per heavy atom. The van der Waals surface area contributed by atoms with E-state index in [0.29, 0.717) is 19.8 Å². The van der Waals surface area contributed by atoms with Crippen molar-refractivity contribution in [3.8, 4) is 0 Å². The normalized spacial score (nSPS) is 21.4. The lowest BCUT2D eigenvalue weighted by Gasteiger charge is -2.30. The van der Waals surface area contributed by atoms with Crippen molar-refractivity contribution in [1.82, 2.24) is 5.43 Å². The summed E-state index contributed by atoms with van der Waals surface area (Å²) in [6.45, 7) is 1.85. The Labute approximate surface area is 112 Å². The van der Waals surface area contributed by atoms with Gasteiger partial charge in [-0.15, -0.1) is 0 Å². The quantitative estimate of drug-likeness (QED) is 0.650. The summed E-state index contributed by atoms with van der Waals surface area (Å²) in [7, 11) is 0. The topological polar surface area (TPSA) is 56.5 Å². The van der Waals surface area contributed by atoms with Crippen LogP contribution < -0.4 is 11.3 Å². The monoisotopic (exact) mass is 258 g/mol. The number of nitrogens with one attached hydrogen (secondary N) is 1. The van der Waals surface area contributed by atoms with Gasteiger partial charge in [0.05, 0.1) is 25.9 Å². The Kier molecular flexibility index (Phi) is 3.75. The molecule has 1 fully saturated rings. The molecule has 0 radical (unpaired) electrons. The Morgan fingerprint density at radius 2 is 1.95 bits per heavy atom. The van der Waals surface area contributed by atoms with Gasteiger partial charge in [-0.1, -0.05) is 36.4 Å². The third kappa shape index (κ3) is 2.62. The van der Waals surface area contributed by atoms with E-state index in [9.17, 15) is 0 Å². The van der Waals surface area contributed by atoms with Crippen LogP contribution in [-0.2, 0) is 9.47 Å². The van der Waals surface area contributed by atoms with Crippen molar-refractivity contribution in [1.29, 1.82) is 0 Å². The Hall–Kier alpha value is -1.46. The molecule has 1 aliphatic heterocycles. The lowest BCUT2D eigenvalue weighted by molar-refractivity contribution is -0.102. The maximum Gasteiger partial charge on any atom is 0.102 e. The SMILES string of the molecule is NNC(c1ccc2ccccc2c1)C1COCCO1. The number of hydrazine groups is 1. The largest absolute Gasteiger partial charge is 0.376 e. The first-order valence-corrected chi connectivity index (χ1v) is 6.52. The first kappa shape index (κ1) is 12.6. The maximum atomic E-state index is 5.73. The first-order valence-electron chi connectivity index (χ1n) is 6.52. The lowest BCUT2D eigenvalue weighted by Crippen LogP contribution is -2.43. The molecule has 2 aromatic rings. The van der Waals surface area contributed by atoms with E-state index >= 15 is 0 Å². The van der Waals surface area contributed by atoms with E-state index in [-0.39, 0.29) is 12.1 Å². The van der Waals surface area contributed by atoms with Crippen LogP contribution in [-0.4, -0.2) is 25.9 Å². The minimum Gasteiger partial charge on any atom is -0.376 e. The van der Waals surface area contributed by atoms with Crippen LogP contribution in [0.5, 0.6) is 0 Å². The number of rotatable bonds is 3. The molecule has 0 bridgehead atoms. The maximum absolute atomic E-state index is 5.73. The van der Waals surface area contributed by atoms with Crippen molar-refractivity contribution < 1.29 is 9.47 Å². The molecule has 2 atom stereocenters. The Bertz CT molecular complexity index is 553. The van der Waals surface area contributed by atoms with Crippen LogP contribution in [0.2, 0.25) is 0 Å². The van der Waals surface area contributed by atoms with E-state index in [1.165, 1.54) is 10.8 Å². The highest BCUT2D eigenvalue weighted by Crippen LogP contribution is 2.24. The van der Waals surface area contributed by atoms with Crippen LogP contribution in [0.3, 0.4) is 0 Å². The van der Waals surface area contributed by atoms with E-state index in [0.717, 1.165) is 5.56 Å². The average Bonchev–Trinajstić information content (AvgIpc) is 2.49. The highest BCUT2D eigenvalue weighted by molar-refractivity contribution is 5.83. The van der Waals surface area contributed by atoms with Crippen molar-refractivity contribution in [2.75, 3.05) is 19.8 Å². The summed E-state index contributed by atoms with van der Waals surface area (Å²) in [6.07, 6.45) is -0.0417. The zero-order chi connectivity index (χ0) is 13.1. The molecular formula is C15H18N2O2. The molecule has 2 aromatic carbocycles. The van der Waals surface area contributed by atoms with Crippen LogP contribution in [0.1, 0.15) is 11.6 Å². The third-order valence-corrected chi connectivity index (χ3v) is 3.53. The standard InChI is InChI=1S/C15H18N2O2/c16-17-15(14-10-18-7-8-19-14)13-6-5-11-3-1-2-4-12(11)9-13/h1-6,9,14-15,17H,7-8,10,16H2. The number of hydrogen-bond acceptors (Lipinski definition) is 4. The molecule has 0 aromatic heterocycles. The molecule has 0 aliphatic carbocycles. The van der Waals surface area contributed by atoms with Crippen LogP contribution >= 0.6 is 0 Å². The van der Waals surface area contributed by atoms with Crippen LogP contribution in [0.25, 0.3) is 10.8 Å². The van der Waals surface area contributed by atoms with Gasteiger partial charge in [0, 0.05) is 0 Å². The van der Waals surface area contributed by atoms with Crippen LogP contribution in [0, 0.1) is 0 Å². The molecule has 2 unspecified atom stereocenters. The summed E-state index contributed by atoms with van der Waals surface area (Å²) >= 11 is 0. The number of fused-ring (bicyclic) bond motifs is 1. The summed E-state index contributed by atoms with van der Waals surface area (Å²) in [5, 5.41) is 2.43. The fourth-order valence-electron chi connectivity index (χ4n) is 2.52. The second kappa shape index (κ2) is 5.67. The van der Waals surface area contributed by atoms with Gasteiger partial charge in [0.25, 0.3) is 0 Å². The predicted molar refractivity (Wildman–Crippen MR) is 74.6 cm³/mol. The minimum atomic E-state index is -0.0510. The summed E-state index contributed by atoms with van der Waals surface area (Å²) in [6, 6.07) is 14.6. The van der Waals surface area contributed by atoms with Gasteiger partial charge >= 0.3 is 0 Å². The molecule has 1 aliphatic rings. The highest BCUT2D eigenvalue weighted by Gasteiger charge is 2.25. The molecular weight excluding hydrogens is 240 g/mol. The van der Waals surface area contributed by atoms with E-state index in [4.69, 9.17) is 15.3 Å². The molecule has 19 heavy (non-hydrogen) atoms. The molecule has 1 heterocycles. The van der Waals surface area contributed by atoms with Crippen molar-refractivity contribution in [3.63, 3.8) is 0 Å². The minimum absolute atomic E-state index is 0.0417. The number of ether oxygens (including phenoxy) is 2. The van der Waals surface area contributed by atoms with E-state index in [2.05, 4.69) is 35.8 Å². The number of benzene rings is 2. The highest BCUT2D eigenvalue weighted by atomic mass is 16.6. The third-order valence-electron chi connectivity index (χ3n) is 3.53. The molecule has 3 rings (SSSR count). The average molecular weight is 258 g/mol. The molecule has 0 amide bonds. The molecule has 3 N–H and O–H groups in total. The molecule has 1 saturated heterocycles. The smallest absolute Gasteiger partial charge is 0.102 e. The summed E-state index contributed by atoms with van der Waals surface area (Å²) < 4.78 is 11.2. The van der Waals surface area contributed by atoms with Crippen LogP contribution in [0.4, 0.5) is 0 Å². The molecule has 4 nitrogen and oxygen atoms in total. The fourth-order valence-corrected chi connectivity index (χ4v) is 2.52. The first-order chi connectivity index (χ1) is 9.38. The molecule has 0 saturated carbocycles. The Balaban J connectivity index is 1.91. The second-order valence-electron chi connectivity index (χ2n) is 4.74. The van der Waals surface area contributed by atoms with Gasteiger partial charge in [0.1, 0.15) is 6.10 Å². The van der Waals surface area contributed by atoms with E-state index in [1.807, 2.05) is 12.1 Å². The van der Waals surface area contributed by atoms with Crippen molar-refractivity contribution >= 4 is 10.8 Å². The zero-order valence-electron chi connectivity index (χ0n) is 10.7. The van der Waals surface area contributed by atoms with Crippen molar-refractivity contribution in [2.24, 2.45) is 5.84 Å². The Morgan fingerprint density at radius 1 is 1.11 bits per heavy atom. The van der Waals surface area contributed by atoms with Gasteiger partial charge < -0.3 is 9.47 Å². The van der Waals surface area contributed by atoms with Gasteiger partial charge in [0.15, 0.2) is 0 Å². The summed E-state index contributed by atoms with van der Waals surface area (Å²) in [5.74, 6) is 5.69. The molecule has 4 heteroatoms. The van der Waals surface area contributed by atoms with Gasteiger partial charge in [-0.25, -0.2) is 0 Å². The van der Waals surface area contributed by atoms with E-state index < -0.39 is 0 Å². The fraction of sp³-hybridized carbons (Fsp3) is 0.333. The zero-order valence-corrected chi connectivity index (χ0v) is 10.7. The molecule has 0 spiro atoms. The van der Waals surface area contributed by atoms with Gasteiger partial charge in [-0.3, -0.25) is 11.3 Å². The van der Waals surface area contributed by atoms with Crippen molar-refractivity contribution in [2.45, 2.75) is 12.1 Å².